The summed E-state index contributed by atoms with van der Waals surface area (Å²) < 4.78 is 34.3. The molecular weight excluding hydrogens is 394 g/mol. The van der Waals surface area contributed by atoms with E-state index in [1.54, 1.807) is 6.20 Å². The molecule has 162 valence electrons. The zero-order chi connectivity index (χ0) is 21.5. The number of hydrogen-bond acceptors (Lipinski definition) is 6. The van der Waals surface area contributed by atoms with Crippen LogP contribution < -0.4 is 19.7 Å². The van der Waals surface area contributed by atoms with Crippen molar-refractivity contribution in [1.82, 2.24) is 15.2 Å². The molecule has 1 aliphatic heterocycles. The van der Waals surface area contributed by atoms with E-state index in [1.165, 1.54) is 25.3 Å². The number of nitrogens with zero attached hydrogens (tertiary/aromatic N) is 3. The van der Waals surface area contributed by atoms with Crippen molar-refractivity contribution in [1.29, 1.82) is 0 Å². The minimum atomic E-state index is -2.96. The predicted octanol–water partition coefficient (Wildman–Crippen LogP) is 2.63. The Labute approximate surface area is 174 Å². The number of alkyl halides is 2. The molecule has 3 rings (SSSR count). The van der Waals surface area contributed by atoms with Gasteiger partial charge in [-0.05, 0) is 37.3 Å². The van der Waals surface area contributed by atoms with E-state index >= 15 is 0 Å². The first kappa shape index (κ1) is 21.8. The fourth-order valence-corrected chi connectivity index (χ4v) is 3.44. The van der Waals surface area contributed by atoms with Crippen LogP contribution >= 0.6 is 0 Å². The average Bonchev–Trinajstić information content (AvgIpc) is 2.74. The van der Waals surface area contributed by atoms with E-state index in [0.29, 0.717) is 12.1 Å². The van der Waals surface area contributed by atoms with Gasteiger partial charge in [0.15, 0.2) is 11.5 Å². The van der Waals surface area contributed by atoms with Gasteiger partial charge in [-0.15, -0.1) is 0 Å². The molecule has 30 heavy (non-hydrogen) atoms. The lowest BCUT2D eigenvalue weighted by Crippen LogP contribution is -2.51. The number of carbonyl (C=O) groups is 1. The molecule has 1 N–H and O–H groups in total. The van der Waals surface area contributed by atoms with Gasteiger partial charge in [0.2, 0.25) is 0 Å². The number of piperazine rings is 1. The molecule has 0 aliphatic carbocycles. The normalized spacial score (nSPS) is 15.7. The van der Waals surface area contributed by atoms with Gasteiger partial charge in [-0.1, -0.05) is 6.07 Å². The molecule has 1 unspecified atom stereocenters. The van der Waals surface area contributed by atoms with Gasteiger partial charge in [0.1, 0.15) is 5.82 Å². The van der Waals surface area contributed by atoms with E-state index in [-0.39, 0.29) is 23.4 Å². The Morgan fingerprint density at radius 3 is 2.57 bits per heavy atom. The molecule has 1 atom stereocenters. The molecular formula is C21H26F2N4O3. The van der Waals surface area contributed by atoms with Crippen LogP contribution in [0.5, 0.6) is 11.5 Å². The summed E-state index contributed by atoms with van der Waals surface area (Å²) in [6.07, 6.45) is 1.79. The molecule has 1 saturated heterocycles. The topological polar surface area (TPSA) is 66.9 Å². The van der Waals surface area contributed by atoms with E-state index in [2.05, 4.69) is 24.8 Å². The van der Waals surface area contributed by atoms with E-state index in [1.807, 2.05) is 25.1 Å². The first-order chi connectivity index (χ1) is 14.5. The predicted molar refractivity (Wildman–Crippen MR) is 109 cm³/mol. The van der Waals surface area contributed by atoms with Crippen molar-refractivity contribution >= 4 is 11.7 Å². The number of hydrogen-bond donors (Lipinski definition) is 1. The standard InChI is InChI=1S/C21H26F2N4O3/c1-15(14-26-9-11-27(12-10-26)19-5-3-4-8-24-19)25-20(28)16-6-7-17(30-21(22)23)18(13-16)29-2/h3-8,13,15,21H,9-12,14H2,1-2H3,(H,25,28). The van der Waals surface area contributed by atoms with Crippen LogP contribution in [-0.2, 0) is 0 Å². The molecule has 1 aromatic carbocycles. The number of amides is 1. The van der Waals surface area contributed by atoms with Crippen molar-refractivity contribution < 1.29 is 23.0 Å². The maximum absolute atomic E-state index is 12.5. The Morgan fingerprint density at radius 2 is 1.93 bits per heavy atom. The maximum Gasteiger partial charge on any atom is 0.387 e. The maximum atomic E-state index is 12.5. The van der Waals surface area contributed by atoms with Crippen molar-refractivity contribution in [2.45, 2.75) is 19.6 Å². The molecule has 0 spiro atoms. The van der Waals surface area contributed by atoms with Crippen molar-refractivity contribution in [2.75, 3.05) is 44.7 Å². The summed E-state index contributed by atoms with van der Waals surface area (Å²) in [5.74, 6) is 0.660. The lowest BCUT2D eigenvalue weighted by molar-refractivity contribution is -0.0512. The molecule has 1 amide bonds. The average molecular weight is 420 g/mol. The first-order valence-electron chi connectivity index (χ1n) is 9.78. The van der Waals surface area contributed by atoms with E-state index in [4.69, 9.17) is 4.74 Å². The summed E-state index contributed by atoms with van der Waals surface area (Å²) >= 11 is 0. The molecule has 2 aromatic rings. The minimum absolute atomic E-state index is 0.0816. The number of carbonyl (C=O) groups excluding carboxylic acids is 1. The molecule has 1 fully saturated rings. The van der Waals surface area contributed by atoms with Crippen LogP contribution in [-0.4, -0.2) is 68.3 Å². The number of benzene rings is 1. The lowest BCUT2D eigenvalue weighted by atomic mass is 10.1. The Bertz CT molecular complexity index is 830. The molecule has 0 radical (unpaired) electrons. The fraction of sp³-hybridized carbons (Fsp3) is 0.429. The van der Waals surface area contributed by atoms with Crippen molar-refractivity contribution in [3.05, 3.63) is 48.2 Å². The van der Waals surface area contributed by atoms with Crippen molar-refractivity contribution in [3.63, 3.8) is 0 Å². The first-order valence-corrected chi connectivity index (χ1v) is 9.78. The van der Waals surface area contributed by atoms with Crippen molar-refractivity contribution in [2.24, 2.45) is 0 Å². The summed E-state index contributed by atoms with van der Waals surface area (Å²) in [5.41, 5.74) is 0.320. The quantitative estimate of drug-likeness (QED) is 0.708. The summed E-state index contributed by atoms with van der Waals surface area (Å²) in [4.78, 5) is 21.5. The molecule has 0 saturated carbocycles. The van der Waals surface area contributed by atoms with Crippen LogP contribution in [0.1, 0.15) is 17.3 Å². The van der Waals surface area contributed by atoms with Gasteiger partial charge in [0.25, 0.3) is 5.91 Å². The minimum Gasteiger partial charge on any atom is -0.493 e. The number of pyridine rings is 1. The van der Waals surface area contributed by atoms with Crippen LogP contribution in [0.25, 0.3) is 0 Å². The van der Waals surface area contributed by atoms with Crippen molar-refractivity contribution in [3.8, 4) is 11.5 Å². The van der Waals surface area contributed by atoms with Gasteiger partial charge in [-0.2, -0.15) is 8.78 Å². The smallest absolute Gasteiger partial charge is 0.387 e. The summed E-state index contributed by atoms with van der Waals surface area (Å²) in [6.45, 7) is 3.20. The Balaban J connectivity index is 1.50. The highest BCUT2D eigenvalue weighted by molar-refractivity contribution is 5.95. The van der Waals surface area contributed by atoms with Gasteiger partial charge in [-0.25, -0.2) is 4.98 Å². The second-order valence-corrected chi connectivity index (χ2v) is 7.09. The summed E-state index contributed by atoms with van der Waals surface area (Å²) in [5, 5.41) is 2.95. The van der Waals surface area contributed by atoms with Gasteiger partial charge < -0.3 is 19.7 Å². The number of halogens is 2. The van der Waals surface area contributed by atoms with Crippen LogP contribution in [0.3, 0.4) is 0 Å². The second kappa shape index (κ2) is 10.2. The van der Waals surface area contributed by atoms with Gasteiger partial charge in [0, 0.05) is 50.5 Å². The lowest BCUT2D eigenvalue weighted by Gasteiger charge is -2.36. The number of aromatic nitrogens is 1. The molecule has 1 aromatic heterocycles. The van der Waals surface area contributed by atoms with Crippen LogP contribution in [0.4, 0.5) is 14.6 Å². The van der Waals surface area contributed by atoms with Crippen LogP contribution in [0.2, 0.25) is 0 Å². The highest BCUT2D eigenvalue weighted by Gasteiger charge is 2.21. The molecule has 1 aliphatic rings. The highest BCUT2D eigenvalue weighted by atomic mass is 19.3. The Hall–Kier alpha value is -2.94. The Kier molecular flexibility index (Phi) is 7.40. The fourth-order valence-electron chi connectivity index (χ4n) is 3.44. The molecule has 7 nitrogen and oxygen atoms in total. The third-order valence-electron chi connectivity index (χ3n) is 4.90. The van der Waals surface area contributed by atoms with E-state index in [0.717, 1.165) is 32.0 Å². The molecule has 9 heteroatoms. The summed E-state index contributed by atoms with van der Waals surface area (Å²) in [7, 11) is 1.34. The third kappa shape index (κ3) is 5.79. The van der Waals surface area contributed by atoms with Gasteiger partial charge >= 0.3 is 6.61 Å². The van der Waals surface area contributed by atoms with Crippen LogP contribution in [0, 0.1) is 0 Å². The number of rotatable bonds is 8. The monoisotopic (exact) mass is 420 g/mol. The Morgan fingerprint density at radius 1 is 1.17 bits per heavy atom. The summed E-state index contributed by atoms with van der Waals surface area (Å²) in [6, 6.07) is 9.94. The highest BCUT2D eigenvalue weighted by Crippen LogP contribution is 2.29. The second-order valence-electron chi connectivity index (χ2n) is 7.09. The van der Waals surface area contributed by atoms with E-state index in [9.17, 15) is 13.6 Å². The molecule has 0 bridgehead atoms. The third-order valence-corrected chi connectivity index (χ3v) is 4.90. The van der Waals surface area contributed by atoms with Crippen LogP contribution in [0.15, 0.2) is 42.6 Å². The molecule has 2 heterocycles. The number of ether oxygens (including phenoxy) is 2. The zero-order valence-corrected chi connectivity index (χ0v) is 17.1. The zero-order valence-electron chi connectivity index (χ0n) is 17.1. The van der Waals surface area contributed by atoms with Gasteiger partial charge in [0.05, 0.1) is 7.11 Å². The number of anilines is 1. The van der Waals surface area contributed by atoms with Gasteiger partial charge in [-0.3, -0.25) is 9.69 Å². The number of methoxy groups -OCH3 is 1. The number of nitrogens with one attached hydrogen (secondary N) is 1. The largest absolute Gasteiger partial charge is 0.493 e. The SMILES string of the molecule is COc1cc(C(=O)NC(C)CN2CCN(c3ccccn3)CC2)ccc1OC(F)F. The van der Waals surface area contributed by atoms with E-state index < -0.39 is 6.61 Å².